The predicted octanol–water partition coefficient (Wildman–Crippen LogP) is 1.92. The van der Waals surface area contributed by atoms with E-state index in [1.807, 2.05) is 12.1 Å². The van der Waals surface area contributed by atoms with Crippen LogP contribution in [0, 0.1) is 5.92 Å². The number of anilines is 1. The Morgan fingerprint density at radius 2 is 2.04 bits per heavy atom. The molecule has 1 atom stereocenters. The summed E-state index contributed by atoms with van der Waals surface area (Å²) >= 11 is 0. The number of carboxylic acids is 1. The summed E-state index contributed by atoms with van der Waals surface area (Å²) in [4.78, 5) is 39.1. The number of fused-ring (bicyclic) bond motifs is 1. The lowest BCUT2D eigenvalue weighted by Crippen LogP contribution is -2.38. The summed E-state index contributed by atoms with van der Waals surface area (Å²) in [7, 11) is 1.74. The van der Waals surface area contributed by atoms with Crippen molar-refractivity contribution >= 4 is 23.5 Å². The molecular weight excluding hydrogens is 308 g/mol. The lowest BCUT2D eigenvalue weighted by Gasteiger charge is -2.28. The zero-order valence-corrected chi connectivity index (χ0v) is 14.0. The van der Waals surface area contributed by atoms with Gasteiger partial charge in [0.2, 0.25) is 5.91 Å². The second-order valence-corrected chi connectivity index (χ2v) is 6.72. The minimum absolute atomic E-state index is 0.0801. The quantitative estimate of drug-likeness (QED) is 0.895. The fourth-order valence-electron chi connectivity index (χ4n) is 3.11. The van der Waals surface area contributed by atoms with Gasteiger partial charge in [-0.1, -0.05) is 6.92 Å². The van der Waals surface area contributed by atoms with Crippen molar-refractivity contribution in [2.75, 3.05) is 18.5 Å². The van der Waals surface area contributed by atoms with Crippen LogP contribution >= 0.6 is 0 Å². The molecule has 1 saturated carbocycles. The highest BCUT2D eigenvalue weighted by Crippen LogP contribution is 2.31. The van der Waals surface area contributed by atoms with E-state index in [2.05, 4.69) is 0 Å². The summed E-state index contributed by atoms with van der Waals surface area (Å²) in [6.07, 6.45) is 2.94. The van der Waals surface area contributed by atoms with Gasteiger partial charge in [-0.05, 0) is 43.0 Å². The van der Waals surface area contributed by atoms with Crippen LogP contribution in [0.2, 0.25) is 0 Å². The standard InChI is InChI=1S/C18H22N2O4/c1-11(18(23)24)10-20(14-5-6-14)17(22)13-3-7-15-12(9-13)4-8-16(21)19(15)2/h3,7,9,11,14H,4-6,8,10H2,1-2H3,(H,23,24). The SMILES string of the molecule is CC(CN(C(=O)c1ccc2c(c1)CCC(=O)N2C)C1CC1)C(=O)O. The van der Waals surface area contributed by atoms with Crippen molar-refractivity contribution in [1.82, 2.24) is 4.90 Å². The molecule has 1 aliphatic carbocycles. The Morgan fingerprint density at radius 3 is 2.67 bits per heavy atom. The molecule has 6 heteroatoms. The first-order valence-corrected chi connectivity index (χ1v) is 8.31. The largest absolute Gasteiger partial charge is 0.481 e. The van der Waals surface area contributed by atoms with Crippen molar-refractivity contribution in [1.29, 1.82) is 0 Å². The van der Waals surface area contributed by atoms with E-state index in [1.54, 1.807) is 29.8 Å². The van der Waals surface area contributed by atoms with E-state index < -0.39 is 11.9 Å². The Morgan fingerprint density at radius 1 is 1.33 bits per heavy atom. The summed E-state index contributed by atoms with van der Waals surface area (Å²) in [5, 5.41) is 9.12. The molecule has 1 aliphatic heterocycles. The highest BCUT2D eigenvalue weighted by atomic mass is 16.4. The molecule has 0 bridgehead atoms. The third-order valence-corrected chi connectivity index (χ3v) is 4.81. The molecule has 0 spiro atoms. The van der Waals surface area contributed by atoms with E-state index >= 15 is 0 Å². The molecule has 1 unspecified atom stereocenters. The Hall–Kier alpha value is -2.37. The first-order valence-electron chi connectivity index (χ1n) is 8.31. The van der Waals surface area contributed by atoms with E-state index in [0.717, 1.165) is 24.1 Å². The van der Waals surface area contributed by atoms with E-state index in [9.17, 15) is 14.4 Å². The highest BCUT2D eigenvalue weighted by Gasteiger charge is 2.35. The first kappa shape index (κ1) is 16.5. The van der Waals surface area contributed by atoms with Crippen molar-refractivity contribution in [3.8, 4) is 0 Å². The predicted molar refractivity (Wildman–Crippen MR) is 89.0 cm³/mol. The van der Waals surface area contributed by atoms with Gasteiger partial charge in [0.05, 0.1) is 5.92 Å². The fourth-order valence-corrected chi connectivity index (χ4v) is 3.11. The van der Waals surface area contributed by atoms with Gasteiger partial charge in [0.25, 0.3) is 5.91 Å². The van der Waals surface area contributed by atoms with Crippen LogP contribution in [0.5, 0.6) is 0 Å². The Balaban J connectivity index is 1.83. The number of nitrogens with zero attached hydrogens (tertiary/aromatic N) is 2. The first-order chi connectivity index (χ1) is 11.4. The van der Waals surface area contributed by atoms with Gasteiger partial charge in [-0.25, -0.2) is 0 Å². The molecule has 1 fully saturated rings. The molecule has 1 aromatic carbocycles. The third-order valence-electron chi connectivity index (χ3n) is 4.81. The minimum atomic E-state index is -0.890. The van der Waals surface area contributed by atoms with Gasteiger partial charge in [0, 0.05) is 37.3 Å². The lowest BCUT2D eigenvalue weighted by atomic mass is 9.98. The van der Waals surface area contributed by atoms with Crippen LogP contribution in [0.25, 0.3) is 0 Å². The van der Waals surface area contributed by atoms with Gasteiger partial charge in [-0.3, -0.25) is 14.4 Å². The molecule has 128 valence electrons. The van der Waals surface area contributed by atoms with E-state index in [-0.39, 0.29) is 24.4 Å². The molecular formula is C18H22N2O4. The van der Waals surface area contributed by atoms with Gasteiger partial charge < -0.3 is 14.9 Å². The van der Waals surface area contributed by atoms with Crippen molar-refractivity contribution in [3.05, 3.63) is 29.3 Å². The second-order valence-electron chi connectivity index (χ2n) is 6.72. The number of carboxylic acid groups (broad SMARTS) is 1. The molecule has 0 saturated heterocycles. The number of carbonyl (C=O) groups is 3. The summed E-state index contributed by atoms with van der Waals surface area (Å²) in [5.41, 5.74) is 2.41. The van der Waals surface area contributed by atoms with Crippen LogP contribution in [-0.4, -0.2) is 47.4 Å². The number of hydrogen-bond donors (Lipinski definition) is 1. The third kappa shape index (κ3) is 3.13. The normalized spacial score (nSPS) is 18.1. The maximum Gasteiger partial charge on any atom is 0.308 e. The molecule has 2 aliphatic rings. The van der Waals surface area contributed by atoms with Crippen LogP contribution < -0.4 is 4.90 Å². The smallest absolute Gasteiger partial charge is 0.308 e. The summed E-state index contributed by atoms with van der Waals surface area (Å²) in [5.74, 6) is -1.51. The zero-order chi connectivity index (χ0) is 17.4. The number of aryl methyl sites for hydroxylation is 1. The Labute approximate surface area is 141 Å². The number of rotatable bonds is 5. The number of hydrogen-bond acceptors (Lipinski definition) is 3. The maximum atomic E-state index is 12.9. The average Bonchev–Trinajstić information content (AvgIpc) is 3.39. The van der Waals surface area contributed by atoms with Crippen LogP contribution in [-0.2, 0) is 16.0 Å². The molecule has 6 nitrogen and oxygen atoms in total. The van der Waals surface area contributed by atoms with Gasteiger partial charge in [-0.15, -0.1) is 0 Å². The molecule has 24 heavy (non-hydrogen) atoms. The number of aliphatic carboxylic acids is 1. The summed E-state index contributed by atoms with van der Waals surface area (Å²) < 4.78 is 0. The zero-order valence-electron chi connectivity index (χ0n) is 14.0. The van der Waals surface area contributed by atoms with E-state index in [1.165, 1.54) is 0 Å². The Kier molecular flexibility index (Phi) is 4.30. The minimum Gasteiger partial charge on any atom is -0.481 e. The lowest BCUT2D eigenvalue weighted by molar-refractivity contribution is -0.141. The molecule has 1 heterocycles. The van der Waals surface area contributed by atoms with Gasteiger partial charge in [-0.2, -0.15) is 0 Å². The summed E-state index contributed by atoms with van der Waals surface area (Å²) in [6, 6.07) is 5.55. The summed E-state index contributed by atoms with van der Waals surface area (Å²) in [6.45, 7) is 1.85. The van der Waals surface area contributed by atoms with Crippen LogP contribution in [0.4, 0.5) is 5.69 Å². The van der Waals surface area contributed by atoms with Gasteiger partial charge in [0.1, 0.15) is 0 Å². The highest BCUT2D eigenvalue weighted by molar-refractivity contribution is 5.99. The molecule has 3 rings (SSSR count). The van der Waals surface area contributed by atoms with Crippen molar-refractivity contribution in [2.45, 2.75) is 38.6 Å². The number of benzene rings is 1. The van der Waals surface area contributed by atoms with Gasteiger partial charge >= 0.3 is 5.97 Å². The topological polar surface area (TPSA) is 77.9 Å². The van der Waals surface area contributed by atoms with Crippen LogP contribution in [0.3, 0.4) is 0 Å². The number of amides is 2. The molecule has 1 aromatic rings. The maximum absolute atomic E-state index is 12.9. The van der Waals surface area contributed by atoms with E-state index in [0.29, 0.717) is 18.4 Å². The monoisotopic (exact) mass is 330 g/mol. The van der Waals surface area contributed by atoms with Crippen LogP contribution in [0.15, 0.2) is 18.2 Å². The molecule has 0 radical (unpaired) electrons. The van der Waals surface area contributed by atoms with Crippen molar-refractivity contribution in [3.63, 3.8) is 0 Å². The van der Waals surface area contributed by atoms with Crippen LogP contribution in [0.1, 0.15) is 42.1 Å². The van der Waals surface area contributed by atoms with Crippen molar-refractivity contribution < 1.29 is 19.5 Å². The number of carbonyl (C=O) groups excluding carboxylic acids is 2. The molecule has 0 aromatic heterocycles. The fraction of sp³-hybridized carbons (Fsp3) is 0.500. The average molecular weight is 330 g/mol. The molecule has 2 amide bonds. The van der Waals surface area contributed by atoms with Gasteiger partial charge in [0.15, 0.2) is 0 Å². The van der Waals surface area contributed by atoms with Crippen molar-refractivity contribution in [2.24, 2.45) is 5.92 Å². The molecule has 1 N–H and O–H groups in total. The second kappa shape index (κ2) is 6.26. The Bertz CT molecular complexity index is 696. The van der Waals surface area contributed by atoms with E-state index in [4.69, 9.17) is 5.11 Å².